The first-order valence-electron chi connectivity index (χ1n) is 8.42. The average Bonchev–Trinajstić information content (AvgIpc) is 2.72. The zero-order valence-corrected chi connectivity index (χ0v) is 14.8. The fraction of sp³-hybridized carbons (Fsp3) is 0.211. The standard InChI is InChI=1S/C19H19N5O3/c1-27-15-7-5-13(6-8-15)18-22-19(26)16(23-24-18)9-10-17(25)21-12-14-4-2-3-11-20-14/h2-8,11H,9-10,12H2,1H3,(H,21,25)(H,22,24,26). The van der Waals surface area contributed by atoms with Crippen molar-refractivity contribution in [3.63, 3.8) is 0 Å². The number of methoxy groups -OCH3 is 1. The normalized spacial score (nSPS) is 10.4. The van der Waals surface area contributed by atoms with Crippen molar-refractivity contribution >= 4 is 5.91 Å². The molecule has 0 aliphatic heterocycles. The third-order valence-electron chi connectivity index (χ3n) is 3.91. The molecule has 27 heavy (non-hydrogen) atoms. The average molecular weight is 365 g/mol. The molecule has 8 heteroatoms. The Morgan fingerprint density at radius 3 is 2.63 bits per heavy atom. The molecule has 2 aromatic heterocycles. The van der Waals surface area contributed by atoms with Gasteiger partial charge in [0.05, 0.1) is 19.3 Å². The van der Waals surface area contributed by atoms with Crippen molar-refractivity contribution in [2.75, 3.05) is 7.11 Å². The molecule has 3 aromatic rings. The molecule has 0 atom stereocenters. The number of hydrogen-bond donors (Lipinski definition) is 2. The van der Waals surface area contributed by atoms with Crippen molar-refractivity contribution in [3.05, 3.63) is 70.4 Å². The number of hydrogen-bond acceptors (Lipinski definition) is 6. The lowest BCUT2D eigenvalue weighted by atomic mass is 10.2. The fourth-order valence-corrected chi connectivity index (χ4v) is 2.41. The van der Waals surface area contributed by atoms with Crippen LogP contribution in [0.3, 0.4) is 0 Å². The number of carbonyl (C=O) groups is 1. The number of aromatic nitrogens is 4. The highest BCUT2D eigenvalue weighted by Crippen LogP contribution is 2.17. The van der Waals surface area contributed by atoms with Crippen LogP contribution in [-0.2, 0) is 17.8 Å². The number of benzene rings is 1. The Kier molecular flexibility index (Phi) is 5.88. The third-order valence-corrected chi connectivity index (χ3v) is 3.91. The minimum Gasteiger partial charge on any atom is -0.497 e. The fourth-order valence-electron chi connectivity index (χ4n) is 2.41. The van der Waals surface area contributed by atoms with Crippen LogP contribution in [0.4, 0.5) is 0 Å². The van der Waals surface area contributed by atoms with Gasteiger partial charge in [-0.3, -0.25) is 14.6 Å². The number of aryl methyl sites for hydroxylation is 1. The van der Waals surface area contributed by atoms with Crippen LogP contribution in [0.5, 0.6) is 5.75 Å². The molecule has 0 aliphatic carbocycles. The summed E-state index contributed by atoms with van der Waals surface area (Å²) >= 11 is 0. The molecule has 0 saturated carbocycles. The number of ether oxygens (including phenoxy) is 1. The van der Waals surface area contributed by atoms with Crippen LogP contribution in [0.25, 0.3) is 11.4 Å². The highest BCUT2D eigenvalue weighted by Gasteiger charge is 2.10. The predicted molar refractivity (Wildman–Crippen MR) is 99.0 cm³/mol. The number of rotatable bonds is 7. The number of amides is 1. The van der Waals surface area contributed by atoms with Gasteiger partial charge >= 0.3 is 0 Å². The van der Waals surface area contributed by atoms with Crippen molar-refractivity contribution in [3.8, 4) is 17.1 Å². The zero-order valence-electron chi connectivity index (χ0n) is 14.8. The Morgan fingerprint density at radius 1 is 1.15 bits per heavy atom. The van der Waals surface area contributed by atoms with Crippen LogP contribution in [0.2, 0.25) is 0 Å². The van der Waals surface area contributed by atoms with E-state index in [1.165, 1.54) is 0 Å². The maximum atomic E-state index is 12.2. The van der Waals surface area contributed by atoms with E-state index in [0.29, 0.717) is 18.1 Å². The van der Waals surface area contributed by atoms with Crippen molar-refractivity contribution < 1.29 is 9.53 Å². The number of carbonyl (C=O) groups excluding carboxylic acids is 1. The lowest BCUT2D eigenvalue weighted by Gasteiger charge is -2.05. The molecule has 8 nitrogen and oxygen atoms in total. The molecule has 0 bridgehead atoms. The van der Waals surface area contributed by atoms with Gasteiger partial charge in [-0.25, -0.2) is 0 Å². The Balaban J connectivity index is 1.57. The van der Waals surface area contributed by atoms with Gasteiger partial charge in [0.2, 0.25) is 5.91 Å². The molecule has 1 aromatic carbocycles. The van der Waals surface area contributed by atoms with E-state index in [1.807, 2.05) is 18.2 Å². The predicted octanol–water partition coefficient (Wildman–Crippen LogP) is 1.48. The number of nitrogens with one attached hydrogen (secondary N) is 2. The second kappa shape index (κ2) is 8.70. The van der Waals surface area contributed by atoms with E-state index in [-0.39, 0.29) is 30.0 Å². The van der Waals surface area contributed by atoms with Gasteiger partial charge in [0.1, 0.15) is 11.4 Å². The highest BCUT2D eigenvalue weighted by atomic mass is 16.5. The van der Waals surface area contributed by atoms with Gasteiger partial charge in [-0.2, -0.15) is 0 Å². The third kappa shape index (κ3) is 4.97. The molecule has 2 N–H and O–H groups in total. The second-order valence-corrected chi connectivity index (χ2v) is 5.78. The van der Waals surface area contributed by atoms with Gasteiger partial charge in [0, 0.05) is 24.6 Å². The molecule has 0 unspecified atom stereocenters. The summed E-state index contributed by atoms with van der Waals surface area (Å²) in [5.41, 5.74) is 1.36. The summed E-state index contributed by atoms with van der Waals surface area (Å²) in [6.45, 7) is 0.345. The maximum absolute atomic E-state index is 12.2. The molecule has 0 spiro atoms. The Labute approximate surface area is 155 Å². The molecule has 138 valence electrons. The molecule has 3 rings (SSSR count). The van der Waals surface area contributed by atoms with Gasteiger partial charge < -0.3 is 15.0 Å². The monoisotopic (exact) mass is 365 g/mol. The minimum atomic E-state index is -0.353. The number of aromatic amines is 1. The minimum absolute atomic E-state index is 0.145. The van der Waals surface area contributed by atoms with Crippen LogP contribution in [0.15, 0.2) is 53.5 Å². The summed E-state index contributed by atoms with van der Waals surface area (Å²) in [5, 5.41) is 10.8. The van der Waals surface area contributed by atoms with E-state index in [4.69, 9.17) is 4.74 Å². The van der Waals surface area contributed by atoms with Crippen molar-refractivity contribution in [2.45, 2.75) is 19.4 Å². The number of H-pyrrole nitrogens is 1. The summed E-state index contributed by atoms with van der Waals surface area (Å²) in [5.74, 6) is 0.898. The van der Waals surface area contributed by atoms with E-state index in [0.717, 1.165) is 11.3 Å². The van der Waals surface area contributed by atoms with Crippen molar-refractivity contribution in [1.29, 1.82) is 0 Å². The highest BCUT2D eigenvalue weighted by molar-refractivity contribution is 5.76. The van der Waals surface area contributed by atoms with E-state index in [9.17, 15) is 9.59 Å². The molecule has 1 amide bonds. The molecular weight excluding hydrogens is 346 g/mol. The van der Waals surface area contributed by atoms with Gasteiger partial charge in [0.15, 0.2) is 5.82 Å². The van der Waals surface area contributed by atoms with E-state index >= 15 is 0 Å². The Hall–Kier alpha value is -3.55. The quantitative estimate of drug-likeness (QED) is 0.656. The lowest BCUT2D eigenvalue weighted by molar-refractivity contribution is -0.121. The van der Waals surface area contributed by atoms with Crippen LogP contribution >= 0.6 is 0 Å². The van der Waals surface area contributed by atoms with E-state index in [1.54, 1.807) is 37.6 Å². The van der Waals surface area contributed by atoms with Gasteiger partial charge in [0.25, 0.3) is 5.56 Å². The maximum Gasteiger partial charge on any atom is 0.273 e. The van der Waals surface area contributed by atoms with Gasteiger partial charge in [-0.1, -0.05) is 6.07 Å². The topological polar surface area (TPSA) is 110 Å². The molecule has 0 saturated heterocycles. The molecule has 0 radical (unpaired) electrons. The number of nitrogens with zero attached hydrogens (tertiary/aromatic N) is 3. The van der Waals surface area contributed by atoms with E-state index < -0.39 is 0 Å². The Morgan fingerprint density at radius 2 is 1.96 bits per heavy atom. The zero-order chi connectivity index (χ0) is 19.1. The SMILES string of the molecule is COc1ccc(-c2nnc(CCC(=O)NCc3ccccn3)c(=O)[nH]2)cc1. The lowest BCUT2D eigenvalue weighted by Crippen LogP contribution is -2.25. The molecule has 0 fully saturated rings. The molecule has 0 aliphatic rings. The summed E-state index contributed by atoms with van der Waals surface area (Å²) < 4.78 is 5.10. The summed E-state index contributed by atoms with van der Waals surface area (Å²) in [6, 6.07) is 12.6. The van der Waals surface area contributed by atoms with E-state index in [2.05, 4.69) is 25.5 Å². The largest absolute Gasteiger partial charge is 0.497 e. The van der Waals surface area contributed by atoms with Gasteiger partial charge in [-0.05, 0) is 36.4 Å². The number of pyridine rings is 1. The first-order chi connectivity index (χ1) is 13.2. The van der Waals surface area contributed by atoms with Crippen molar-refractivity contribution in [1.82, 2.24) is 25.5 Å². The molecular formula is C19H19N5O3. The van der Waals surface area contributed by atoms with Crippen LogP contribution in [-0.4, -0.2) is 33.2 Å². The summed E-state index contributed by atoms with van der Waals surface area (Å²) in [4.78, 5) is 31.0. The smallest absolute Gasteiger partial charge is 0.273 e. The molecule has 2 heterocycles. The first kappa shape index (κ1) is 18.2. The van der Waals surface area contributed by atoms with Crippen LogP contribution in [0, 0.1) is 0 Å². The van der Waals surface area contributed by atoms with Crippen LogP contribution in [0.1, 0.15) is 17.8 Å². The Bertz CT molecular complexity index is 955. The summed E-state index contributed by atoms with van der Waals surface area (Å²) in [6.07, 6.45) is 2.02. The van der Waals surface area contributed by atoms with Crippen molar-refractivity contribution in [2.24, 2.45) is 0 Å². The second-order valence-electron chi connectivity index (χ2n) is 5.78. The van der Waals surface area contributed by atoms with Gasteiger partial charge in [-0.15, -0.1) is 10.2 Å². The van der Waals surface area contributed by atoms with Crippen LogP contribution < -0.4 is 15.6 Å². The summed E-state index contributed by atoms with van der Waals surface area (Å²) in [7, 11) is 1.58. The first-order valence-corrected chi connectivity index (χ1v) is 8.42.